The van der Waals surface area contributed by atoms with Crippen molar-refractivity contribution in [2.24, 2.45) is 5.41 Å². The number of nitrogens with one attached hydrogen (secondary N) is 2. The van der Waals surface area contributed by atoms with Gasteiger partial charge in [-0.25, -0.2) is 28.6 Å². The van der Waals surface area contributed by atoms with Crippen molar-refractivity contribution in [1.82, 2.24) is 30.2 Å². The van der Waals surface area contributed by atoms with Gasteiger partial charge in [0, 0.05) is 24.9 Å². The number of fused-ring (bicyclic) bond motifs is 1. The van der Waals surface area contributed by atoms with Gasteiger partial charge < -0.3 is 50.9 Å². The summed E-state index contributed by atoms with van der Waals surface area (Å²) in [6.07, 6.45) is -5.01. The number of aromatic nitrogens is 4. The zero-order chi connectivity index (χ0) is 36.8. The fourth-order valence-corrected chi connectivity index (χ4v) is 7.17. The lowest BCUT2D eigenvalue weighted by molar-refractivity contribution is -0.137. The molecule has 0 bridgehead atoms. The van der Waals surface area contributed by atoms with Crippen LogP contribution in [0.2, 0.25) is 0 Å². The van der Waals surface area contributed by atoms with Crippen LogP contribution in [0.3, 0.4) is 0 Å². The molecule has 0 radical (unpaired) electrons. The van der Waals surface area contributed by atoms with Gasteiger partial charge in [-0.3, -0.25) is 27.7 Å². The molecule has 0 spiro atoms. The van der Waals surface area contributed by atoms with Crippen molar-refractivity contribution in [1.29, 1.82) is 0 Å². The minimum atomic E-state index is -5.53. The number of nitrogen functional groups attached to an aromatic ring is 1. The second-order valence-corrected chi connectivity index (χ2v) is 15.7. The van der Waals surface area contributed by atoms with E-state index in [0.29, 0.717) is 6.54 Å². The number of aliphatic hydroxyl groups is 2. The number of nitrogens with two attached hydrogens (primary N) is 1. The predicted molar refractivity (Wildman–Crippen MR) is 165 cm³/mol. The van der Waals surface area contributed by atoms with Crippen molar-refractivity contribution in [3.05, 3.63) is 12.7 Å². The lowest BCUT2D eigenvalue weighted by atomic mass is 9.87. The first kappa shape index (κ1) is 41.0. The van der Waals surface area contributed by atoms with Crippen molar-refractivity contribution >= 4 is 52.3 Å². The molecule has 0 aromatic carbocycles. The van der Waals surface area contributed by atoms with E-state index < -0.39 is 78.6 Å². The number of amides is 2. The monoisotopic (exact) mass is 763 g/mol. The molecule has 3 heterocycles. The maximum Gasteiger partial charge on any atom is 0.481 e. The number of rotatable bonds is 19. The third kappa shape index (κ3) is 11.8. The first-order valence-corrected chi connectivity index (χ1v) is 19.1. The highest BCUT2D eigenvalue weighted by atomic mass is 31.3. The number of nitrogens with zero attached hydrogens (tertiary/aromatic N) is 4. The van der Waals surface area contributed by atoms with E-state index in [0.717, 1.165) is 30.1 Å². The Morgan fingerprint density at radius 1 is 1.08 bits per heavy atom. The Labute approximate surface area is 278 Å². The van der Waals surface area contributed by atoms with Crippen LogP contribution in [0.15, 0.2) is 12.7 Å². The molecule has 1 aliphatic heterocycles. The number of hydrogen-bond donors (Lipinski definition) is 9. The summed E-state index contributed by atoms with van der Waals surface area (Å²) in [7, 11) is -16.3. The van der Waals surface area contributed by atoms with Gasteiger partial charge in [0.1, 0.15) is 36.3 Å². The summed E-state index contributed by atoms with van der Waals surface area (Å²) < 4.78 is 61.8. The molecule has 2 aromatic heterocycles. The maximum absolute atomic E-state index is 12.6. The first-order valence-electron chi connectivity index (χ1n) is 14.6. The number of ether oxygens (including phenoxy) is 1. The fourth-order valence-electron chi connectivity index (χ4n) is 4.34. The van der Waals surface area contributed by atoms with Crippen LogP contribution in [-0.2, 0) is 45.9 Å². The Morgan fingerprint density at radius 2 is 1.76 bits per heavy atom. The number of anilines is 1. The fraction of sp³-hybridized carbons (Fsp3) is 0.696. The Balaban J connectivity index is 1.59. The van der Waals surface area contributed by atoms with E-state index in [9.17, 15) is 53.1 Å². The van der Waals surface area contributed by atoms with E-state index in [-0.39, 0.29) is 35.9 Å². The summed E-state index contributed by atoms with van der Waals surface area (Å²) in [6.45, 7) is 2.90. The Hall–Kier alpha value is -2.46. The lowest BCUT2D eigenvalue weighted by Gasteiger charge is -2.30. The molecular weight excluding hydrogens is 723 g/mol. The highest BCUT2D eigenvalue weighted by molar-refractivity contribution is 7.61. The quantitative estimate of drug-likeness (QED) is 0.0625. The van der Waals surface area contributed by atoms with Crippen LogP contribution in [0.4, 0.5) is 5.82 Å². The summed E-state index contributed by atoms with van der Waals surface area (Å²) >= 11 is 0. The lowest BCUT2D eigenvalue weighted by Crippen LogP contribution is -2.46. The smallest absolute Gasteiger partial charge is 0.386 e. The number of hydrogen-bond acceptors (Lipinski definition) is 16. The highest BCUT2D eigenvalue weighted by Gasteiger charge is 2.50. The van der Waals surface area contributed by atoms with E-state index in [4.69, 9.17) is 19.5 Å². The van der Waals surface area contributed by atoms with E-state index in [1.54, 1.807) is 0 Å². The molecule has 1 fully saturated rings. The van der Waals surface area contributed by atoms with Gasteiger partial charge in [0.05, 0.1) is 19.5 Å². The molecule has 1 saturated heterocycles. The van der Waals surface area contributed by atoms with Gasteiger partial charge in [-0.15, -0.1) is 0 Å². The number of carbonyl (C=O) groups excluding carboxylic acids is 2. The van der Waals surface area contributed by atoms with Gasteiger partial charge in [0.25, 0.3) is 0 Å². The van der Waals surface area contributed by atoms with E-state index in [1.165, 1.54) is 13.8 Å². The third-order valence-electron chi connectivity index (χ3n) is 6.93. The largest absolute Gasteiger partial charge is 0.481 e. The van der Waals surface area contributed by atoms with Crippen molar-refractivity contribution in [3.8, 4) is 0 Å². The minimum absolute atomic E-state index is 0.0340. The van der Waals surface area contributed by atoms with Crippen molar-refractivity contribution < 1.29 is 75.7 Å². The summed E-state index contributed by atoms with van der Waals surface area (Å²) in [5.41, 5.74) is 4.32. The van der Waals surface area contributed by atoms with Crippen molar-refractivity contribution in [2.75, 3.05) is 32.0 Å². The van der Waals surface area contributed by atoms with Crippen LogP contribution in [0, 0.1) is 5.41 Å². The normalized spacial score (nSPS) is 23.1. The van der Waals surface area contributed by atoms with Gasteiger partial charge in [0.15, 0.2) is 17.7 Å². The summed E-state index contributed by atoms with van der Waals surface area (Å²) in [5.74, 6) is -1.27. The molecule has 0 saturated carbocycles. The predicted octanol–water partition coefficient (Wildman–Crippen LogP) is -0.795. The average molecular weight is 764 g/mol. The second-order valence-electron chi connectivity index (χ2n) is 11.4. The van der Waals surface area contributed by atoms with Crippen LogP contribution in [-0.4, -0.2) is 112 Å². The zero-order valence-corrected chi connectivity index (χ0v) is 29.1. The topological polar surface area (TPSA) is 347 Å². The molecule has 49 heavy (non-hydrogen) atoms. The summed E-state index contributed by atoms with van der Waals surface area (Å²) in [6, 6.07) is 0. The molecule has 2 amide bonds. The minimum Gasteiger partial charge on any atom is -0.386 e. The third-order valence-corrected chi connectivity index (χ3v) is 10.0. The number of phosphoric acid groups is 3. The van der Waals surface area contributed by atoms with Gasteiger partial charge >= 0.3 is 23.5 Å². The molecule has 23 nitrogen and oxygen atoms in total. The van der Waals surface area contributed by atoms with Gasteiger partial charge in [-0.1, -0.05) is 27.2 Å². The Morgan fingerprint density at radius 3 is 2.41 bits per heavy atom. The number of imidazole rings is 1. The molecule has 3 rings (SSSR count). The van der Waals surface area contributed by atoms with Crippen LogP contribution >= 0.6 is 23.5 Å². The molecule has 7 atom stereocenters. The zero-order valence-electron chi connectivity index (χ0n) is 26.5. The van der Waals surface area contributed by atoms with Crippen molar-refractivity contribution in [2.45, 2.75) is 70.7 Å². The number of phosphoric ester groups is 3. The van der Waals surface area contributed by atoms with E-state index in [2.05, 4.69) is 34.4 Å². The standard InChI is InChI=1S/C23H40N7O16P3/c1-4-5-7-25-14(31)6-8-26-21(34)18(33)23(2,3)10-43-49(40,41)46-48(38,39)42-9-13-17(45-47(35,36)37)16(32)22(44-13)30-12-29-15-19(24)27-11-28-20(15)30/h11-13,16-18,22,32-33H,4-10H2,1-3H3,(H,25,31)(H,26,34)(H,38,39)(H,40,41)(H2,24,27,28)(H2,35,36,37). The molecular formula is C23H40N7O16P3. The van der Waals surface area contributed by atoms with Crippen LogP contribution in [0.1, 0.15) is 46.3 Å². The molecule has 10 N–H and O–H groups in total. The average Bonchev–Trinajstić information content (AvgIpc) is 3.55. The van der Waals surface area contributed by atoms with Crippen LogP contribution in [0.5, 0.6) is 0 Å². The maximum atomic E-state index is 12.6. The van der Waals surface area contributed by atoms with Gasteiger partial charge in [-0.05, 0) is 6.42 Å². The number of unbranched alkanes of at least 4 members (excludes halogenated alkanes) is 1. The van der Waals surface area contributed by atoms with Crippen LogP contribution < -0.4 is 16.4 Å². The molecule has 0 aliphatic carbocycles. The molecule has 26 heteroatoms. The van der Waals surface area contributed by atoms with Gasteiger partial charge in [0.2, 0.25) is 11.8 Å². The first-order chi connectivity index (χ1) is 22.7. The summed E-state index contributed by atoms with van der Waals surface area (Å²) in [5, 5.41) is 26.3. The van der Waals surface area contributed by atoms with Crippen molar-refractivity contribution in [3.63, 3.8) is 0 Å². The van der Waals surface area contributed by atoms with E-state index in [1.807, 2.05) is 6.92 Å². The summed E-state index contributed by atoms with van der Waals surface area (Å²) in [4.78, 5) is 74.9. The highest BCUT2D eigenvalue weighted by Crippen LogP contribution is 2.61. The Bertz CT molecular complexity index is 1610. The van der Waals surface area contributed by atoms with Crippen LogP contribution in [0.25, 0.3) is 11.2 Å². The molecule has 1 aliphatic rings. The molecule has 2 aromatic rings. The SMILES string of the molecule is CCCCNC(=O)CCNC(=O)C(O)C(C)(C)COP(=O)(O)OP(=O)(O)OCC1OC(n2cnc3c(N)ncnc32)C(O)C1OP(=O)(O)O. The van der Waals surface area contributed by atoms with E-state index >= 15 is 0 Å². The number of carbonyl (C=O) groups is 2. The van der Waals surface area contributed by atoms with Gasteiger partial charge in [-0.2, -0.15) is 4.31 Å². The molecule has 278 valence electrons. The number of aliphatic hydroxyl groups excluding tert-OH is 2. The second kappa shape index (κ2) is 16.7. The Kier molecular flexibility index (Phi) is 14.0. The molecule has 7 unspecified atom stereocenters.